The van der Waals surface area contributed by atoms with Crippen molar-refractivity contribution in [3.8, 4) is 11.4 Å². The summed E-state index contributed by atoms with van der Waals surface area (Å²) in [5.41, 5.74) is 1.62. The molecule has 0 amide bonds. The summed E-state index contributed by atoms with van der Waals surface area (Å²) in [4.78, 5) is 15.4. The van der Waals surface area contributed by atoms with Crippen LogP contribution >= 0.6 is 0 Å². The summed E-state index contributed by atoms with van der Waals surface area (Å²) in [7, 11) is -3.91. The Kier molecular flexibility index (Phi) is 8.23. The Morgan fingerprint density at radius 3 is 2.37 bits per heavy atom. The normalized spacial score (nSPS) is 11.9. The number of esters is 1. The lowest BCUT2D eigenvalue weighted by atomic mass is 10.1. The lowest BCUT2D eigenvalue weighted by molar-refractivity contribution is -0.156. The topological polar surface area (TPSA) is 104 Å². The third-order valence-electron chi connectivity index (χ3n) is 5.57. The van der Waals surface area contributed by atoms with Gasteiger partial charge in [-0.15, -0.1) is 0 Å². The minimum Gasteiger partial charge on any atom is -0.489 e. The van der Waals surface area contributed by atoms with E-state index < -0.39 is 15.6 Å². The minimum absolute atomic E-state index is 0.0244. The molecular formula is C28H30N4O5S. The van der Waals surface area contributed by atoms with Gasteiger partial charge in [-0.25, -0.2) is 18.1 Å². The molecule has 0 N–H and O–H groups in total. The maximum Gasteiger partial charge on any atom is 0.303 e. The Bertz CT molecular complexity index is 1450. The van der Waals surface area contributed by atoms with Crippen LogP contribution in [-0.2, 0) is 32.6 Å². The lowest BCUT2D eigenvalue weighted by Crippen LogP contribution is -2.34. The van der Waals surface area contributed by atoms with Crippen LogP contribution in [0.4, 0.5) is 0 Å². The first-order chi connectivity index (χ1) is 18.1. The van der Waals surface area contributed by atoms with E-state index in [9.17, 15) is 13.2 Å². The summed E-state index contributed by atoms with van der Waals surface area (Å²) in [6.07, 6.45) is 5.00. The molecule has 0 aliphatic carbocycles. The number of aromatic nitrogens is 3. The van der Waals surface area contributed by atoms with Gasteiger partial charge in [-0.3, -0.25) is 4.79 Å². The molecular weight excluding hydrogens is 504 g/mol. The zero-order chi connectivity index (χ0) is 27.2. The molecule has 2 heterocycles. The van der Waals surface area contributed by atoms with E-state index in [1.165, 1.54) is 23.5 Å². The van der Waals surface area contributed by atoms with E-state index in [1.54, 1.807) is 55.1 Å². The van der Waals surface area contributed by atoms with E-state index in [-0.39, 0.29) is 30.7 Å². The van der Waals surface area contributed by atoms with Crippen LogP contribution in [0.2, 0.25) is 0 Å². The first kappa shape index (κ1) is 27.0. The second-order valence-corrected chi connectivity index (χ2v) is 11.2. The second kappa shape index (κ2) is 11.6. The number of sulfonamides is 1. The number of hydrogen-bond donors (Lipinski definition) is 0. The van der Waals surface area contributed by atoms with Crippen LogP contribution < -0.4 is 4.74 Å². The van der Waals surface area contributed by atoms with Crippen LogP contribution in [0.5, 0.6) is 5.75 Å². The largest absolute Gasteiger partial charge is 0.489 e. The molecule has 0 aliphatic rings. The highest BCUT2D eigenvalue weighted by molar-refractivity contribution is 7.89. The standard InChI is InChI=1S/C28H30N4O5S/c1-22(33)37-28(2,3)21-36-26-9-6-8-24(18-26)20-31(38(34,35)27-10-4-5-15-29-27)19-23-11-13-25(14-12-23)32-17-7-16-30-32/h4-18H,19-21H2,1-3H3. The van der Waals surface area contributed by atoms with Crippen molar-refractivity contribution in [2.24, 2.45) is 0 Å². The number of carbonyl (C=O) groups is 1. The van der Waals surface area contributed by atoms with E-state index in [0.717, 1.165) is 16.8 Å². The summed E-state index contributed by atoms with van der Waals surface area (Å²) < 4.78 is 41.5. The number of carbonyl (C=O) groups excluding carboxylic acids is 1. The predicted octanol–water partition coefficient (Wildman–Crippen LogP) is 4.38. The van der Waals surface area contributed by atoms with Crippen molar-refractivity contribution < 1.29 is 22.7 Å². The third kappa shape index (κ3) is 7.05. The van der Waals surface area contributed by atoms with E-state index in [1.807, 2.05) is 42.6 Å². The molecule has 0 atom stereocenters. The SMILES string of the molecule is CC(=O)OC(C)(C)COc1cccc(CN(Cc2ccc(-n3cccn3)cc2)S(=O)(=O)c2ccccn2)c1. The van der Waals surface area contributed by atoms with Gasteiger partial charge in [0.1, 0.15) is 18.0 Å². The van der Waals surface area contributed by atoms with Gasteiger partial charge in [-0.1, -0.05) is 30.3 Å². The molecule has 0 fully saturated rings. The zero-order valence-electron chi connectivity index (χ0n) is 21.5. The summed E-state index contributed by atoms with van der Waals surface area (Å²) in [6, 6.07) is 21.4. The van der Waals surface area contributed by atoms with Gasteiger partial charge in [-0.2, -0.15) is 9.40 Å². The van der Waals surface area contributed by atoms with Crippen LogP contribution in [0.15, 0.2) is 96.4 Å². The quantitative estimate of drug-likeness (QED) is 0.263. The van der Waals surface area contributed by atoms with Crippen molar-refractivity contribution >= 4 is 16.0 Å². The predicted molar refractivity (Wildman–Crippen MR) is 142 cm³/mol. The molecule has 10 heteroatoms. The van der Waals surface area contributed by atoms with Crippen molar-refractivity contribution in [3.05, 3.63) is 103 Å². The molecule has 9 nitrogen and oxygen atoms in total. The third-order valence-corrected chi connectivity index (χ3v) is 7.28. The van der Waals surface area contributed by atoms with Gasteiger partial charge in [0, 0.05) is 38.6 Å². The van der Waals surface area contributed by atoms with Crippen molar-refractivity contribution in [3.63, 3.8) is 0 Å². The fraction of sp³-hybridized carbons (Fsp3) is 0.250. The maximum absolute atomic E-state index is 13.6. The number of nitrogens with zero attached hydrogens (tertiary/aromatic N) is 4. The molecule has 0 saturated heterocycles. The van der Waals surface area contributed by atoms with E-state index in [4.69, 9.17) is 9.47 Å². The maximum atomic E-state index is 13.6. The number of rotatable bonds is 11. The van der Waals surface area contributed by atoms with Crippen molar-refractivity contribution in [2.75, 3.05) is 6.61 Å². The fourth-order valence-corrected chi connectivity index (χ4v) is 5.20. The average molecular weight is 535 g/mol. The molecule has 0 radical (unpaired) electrons. The average Bonchev–Trinajstić information content (AvgIpc) is 3.43. The highest BCUT2D eigenvalue weighted by Gasteiger charge is 2.27. The Labute approximate surface area is 222 Å². The molecule has 0 saturated carbocycles. The molecule has 4 rings (SSSR count). The molecule has 0 bridgehead atoms. The van der Waals surface area contributed by atoms with Gasteiger partial charge in [0.15, 0.2) is 5.03 Å². The minimum atomic E-state index is -3.91. The first-order valence-corrected chi connectivity index (χ1v) is 13.5. The highest BCUT2D eigenvalue weighted by Crippen LogP contribution is 2.23. The van der Waals surface area contributed by atoms with Crippen LogP contribution in [0.3, 0.4) is 0 Å². The van der Waals surface area contributed by atoms with Crippen molar-refractivity contribution in [2.45, 2.75) is 44.5 Å². The Morgan fingerprint density at radius 2 is 1.71 bits per heavy atom. The summed E-state index contributed by atoms with van der Waals surface area (Å²) in [5.74, 6) is 0.155. The lowest BCUT2D eigenvalue weighted by Gasteiger charge is -2.25. The van der Waals surface area contributed by atoms with Gasteiger partial charge < -0.3 is 9.47 Å². The van der Waals surface area contributed by atoms with Gasteiger partial charge in [0.05, 0.1) is 5.69 Å². The monoisotopic (exact) mass is 534 g/mol. The summed E-state index contributed by atoms with van der Waals surface area (Å²) in [6.45, 7) is 5.26. The number of ether oxygens (including phenoxy) is 2. The van der Waals surface area contributed by atoms with Crippen LogP contribution in [-0.4, -0.2) is 45.7 Å². The molecule has 0 spiro atoms. The molecule has 0 aliphatic heterocycles. The zero-order valence-corrected chi connectivity index (χ0v) is 22.3. The van der Waals surface area contributed by atoms with Gasteiger partial charge in [0.2, 0.25) is 0 Å². The van der Waals surface area contributed by atoms with Crippen molar-refractivity contribution in [1.29, 1.82) is 0 Å². The molecule has 4 aromatic rings. The molecule has 2 aromatic heterocycles. The van der Waals surface area contributed by atoms with Gasteiger partial charge >= 0.3 is 5.97 Å². The number of benzene rings is 2. The van der Waals surface area contributed by atoms with Crippen LogP contribution in [0.25, 0.3) is 5.69 Å². The van der Waals surface area contributed by atoms with Crippen LogP contribution in [0.1, 0.15) is 31.9 Å². The Morgan fingerprint density at radius 1 is 0.947 bits per heavy atom. The summed E-state index contributed by atoms with van der Waals surface area (Å²) in [5, 5.41) is 4.21. The number of pyridine rings is 1. The Hall–Kier alpha value is -4.02. The van der Waals surface area contributed by atoms with Gasteiger partial charge in [0.25, 0.3) is 10.0 Å². The van der Waals surface area contributed by atoms with Crippen LogP contribution in [0, 0.1) is 0 Å². The number of hydrogen-bond acceptors (Lipinski definition) is 7. The highest BCUT2D eigenvalue weighted by atomic mass is 32.2. The fourth-order valence-electron chi connectivity index (χ4n) is 3.85. The molecule has 38 heavy (non-hydrogen) atoms. The Balaban J connectivity index is 1.57. The summed E-state index contributed by atoms with van der Waals surface area (Å²) >= 11 is 0. The first-order valence-electron chi connectivity index (χ1n) is 12.0. The van der Waals surface area contributed by atoms with Gasteiger partial charge in [-0.05, 0) is 67.4 Å². The smallest absolute Gasteiger partial charge is 0.303 e. The van der Waals surface area contributed by atoms with E-state index >= 15 is 0 Å². The van der Waals surface area contributed by atoms with Crippen molar-refractivity contribution in [1.82, 2.24) is 19.1 Å². The molecule has 0 unspecified atom stereocenters. The van der Waals surface area contributed by atoms with E-state index in [0.29, 0.717) is 5.75 Å². The molecule has 198 valence electrons. The van der Waals surface area contributed by atoms with E-state index in [2.05, 4.69) is 10.1 Å². The molecule has 2 aromatic carbocycles. The second-order valence-electron chi connectivity index (χ2n) is 9.35.